The van der Waals surface area contributed by atoms with Gasteiger partial charge in [0.1, 0.15) is 23.4 Å². The zero-order chi connectivity index (χ0) is 28.3. The number of amides is 3. The van der Waals surface area contributed by atoms with Gasteiger partial charge in [-0.15, -0.1) is 0 Å². The fourth-order valence-electron chi connectivity index (χ4n) is 4.09. The first-order chi connectivity index (χ1) is 17.2. The minimum Gasteiger partial charge on any atom is -0.507 e. The molecule has 0 aliphatic heterocycles. The van der Waals surface area contributed by atoms with Crippen LogP contribution in [0.5, 0.6) is 5.75 Å². The minimum absolute atomic E-state index is 0.0158. The Hall–Kier alpha value is -2.77. The second kappa shape index (κ2) is 14.8. The van der Waals surface area contributed by atoms with E-state index in [2.05, 4.69) is 17.6 Å². The Kier molecular flexibility index (Phi) is 12.9. The molecule has 3 unspecified atom stereocenters. The Morgan fingerprint density at radius 3 is 2.22 bits per heavy atom. The average molecular weight is 520 g/mol. The molecule has 0 aliphatic rings. The van der Waals surface area contributed by atoms with E-state index in [0.29, 0.717) is 30.5 Å². The fourth-order valence-corrected chi connectivity index (χ4v) is 4.09. The molecule has 0 bridgehead atoms. The number of hydrogen-bond acceptors (Lipinski definition) is 5. The molecule has 3 N–H and O–H groups in total. The zero-order valence-corrected chi connectivity index (χ0v) is 24.3. The largest absolute Gasteiger partial charge is 0.507 e. The third-order valence-corrected chi connectivity index (χ3v) is 6.24. The van der Waals surface area contributed by atoms with E-state index in [1.54, 1.807) is 45.9 Å². The number of unbranched alkanes of at least 4 members (excludes halogenated alkanes) is 3. The number of phenolic OH excluding ortho intramolecular Hbond substituents is 1. The van der Waals surface area contributed by atoms with Crippen LogP contribution in [0, 0.1) is 12.8 Å². The molecule has 3 atom stereocenters. The zero-order valence-electron chi connectivity index (χ0n) is 24.3. The van der Waals surface area contributed by atoms with E-state index in [-0.39, 0.29) is 29.5 Å². The highest BCUT2D eigenvalue weighted by atomic mass is 16.6. The van der Waals surface area contributed by atoms with Crippen molar-refractivity contribution in [1.82, 2.24) is 15.5 Å². The standard InChI is InChI=1S/C29H49N3O5/c1-10-12-13-14-18-32(27(35)23(20(5)11-2)31-28(36)37-29(7,8)9)24(26(34)30-19(3)4)22-17-15-16-21(6)25(22)33/h15-17,19-20,23-24,33H,10-14,18H2,1-9H3,(H,30,34)(H,31,36). The second-order valence-corrected chi connectivity index (χ2v) is 11.2. The summed E-state index contributed by atoms with van der Waals surface area (Å²) in [6.45, 7) is 17.0. The minimum atomic E-state index is -1.05. The lowest BCUT2D eigenvalue weighted by Crippen LogP contribution is -2.55. The van der Waals surface area contributed by atoms with Gasteiger partial charge in [-0.2, -0.15) is 0 Å². The number of phenols is 1. The summed E-state index contributed by atoms with van der Waals surface area (Å²) in [6.07, 6.45) is 3.57. The molecule has 0 saturated heterocycles. The normalized spacial score (nSPS) is 14.0. The quantitative estimate of drug-likeness (QED) is 0.293. The van der Waals surface area contributed by atoms with Crippen molar-refractivity contribution in [3.8, 4) is 5.75 Å². The van der Waals surface area contributed by atoms with Gasteiger partial charge in [0.2, 0.25) is 11.8 Å². The molecule has 0 fully saturated rings. The Balaban J connectivity index is 3.58. The van der Waals surface area contributed by atoms with Crippen molar-refractivity contribution in [2.24, 2.45) is 5.92 Å². The molecule has 0 radical (unpaired) electrons. The number of nitrogens with zero attached hydrogens (tertiary/aromatic N) is 1. The van der Waals surface area contributed by atoms with Gasteiger partial charge < -0.3 is 25.4 Å². The van der Waals surface area contributed by atoms with Crippen LogP contribution >= 0.6 is 0 Å². The molecule has 0 saturated carbocycles. The van der Waals surface area contributed by atoms with Crippen LogP contribution in [0.3, 0.4) is 0 Å². The van der Waals surface area contributed by atoms with Crippen LogP contribution in [0.4, 0.5) is 4.79 Å². The van der Waals surface area contributed by atoms with Gasteiger partial charge in [-0.3, -0.25) is 9.59 Å². The van der Waals surface area contributed by atoms with Crippen LogP contribution in [0.2, 0.25) is 0 Å². The van der Waals surface area contributed by atoms with Crippen molar-refractivity contribution in [2.45, 2.75) is 118 Å². The molecule has 0 heterocycles. The van der Waals surface area contributed by atoms with Crippen molar-refractivity contribution < 1.29 is 24.2 Å². The molecular formula is C29H49N3O5. The first-order valence-electron chi connectivity index (χ1n) is 13.6. The van der Waals surface area contributed by atoms with E-state index in [4.69, 9.17) is 4.74 Å². The van der Waals surface area contributed by atoms with Crippen LogP contribution in [0.1, 0.15) is 105 Å². The first-order valence-corrected chi connectivity index (χ1v) is 13.6. The highest BCUT2D eigenvalue weighted by Gasteiger charge is 2.39. The number of para-hydroxylation sites is 1. The summed E-state index contributed by atoms with van der Waals surface area (Å²) in [5, 5.41) is 16.6. The van der Waals surface area contributed by atoms with Gasteiger partial charge in [0, 0.05) is 18.2 Å². The summed E-state index contributed by atoms with van der Waals surface area (Å²) < 4.78 is 5.45. The number of rotatable bonds is 13. The molecule has 8 heteroatoms. The molecule has 1 aromatic carbocycles. The monoisotopic (exact) mass is 519 g/mol. The summed E-state index contributed by atoms with van der Waals surface area (Å²) in [7, 11) is 0. The van der Waals surface area contributed by atoms with Crippen molar-refractivity contribution >= 4 is 17.9 Å². The highest BCUT2D eigenvalue weighted by Crippen LogP contribution is 2.33. The molecular weight excluding hydrogens is 470 g/mol. The molecule has 0 aromatic heterocycles. The summed E-state index contributed by atoms with van der Waals surface area (Å²) in [5.41, 5.74) is 0.255. The number of aryl methyl sites for hydroxylation is 1. The molecule has 8 nitrogen and oxygen atoms in total. The molecule has 210 valence electrons. The third-order valence-electron chi connectivity index (χ3n) is 6.24. The lowest BCUT2D eigenvalue weighted by atomic mass is 9.94. The number of alkyl carbamates (subject to hydrolysis) is 1. The van der Waals surface area contributed by atoms with Gasteiger partial charge in [-0.25, -0.2) is 4.79 Å². The lowest BCUT2D eigenvalue weighted by molar-refractivity contribution is -0.143. The summed E-state index contributed by atoms with van der Waals surface area (Å²) in [5.74, 6) is -0.975. The Labute approximate surface area is 223 Å². The number of ether oxygens (including phenoxy) is 1. The van der Waals surface area contributed by atoms with Gasteiger partial charge >= 0.3 is 6.09 Å². The van der Waals surface area contributed by atoms with E-state index in [1.807, 2.05) is 27.7 Å². The van der Waals surface area contributed by atoms with Gasteiger partial charge in [-0.1, -0.05) is 64.7 Å². The summed E-state index contributed by atoms with van der Waals surface area (Å²) >= 11 is 0. The summed E-state index contributed by atoms with van der Waals surface area (Å²) in [4.78, 5) is 42.0. The maximum Gasteiger partial charge on any atom is 0.408 e. The van der Waals surface area contributed by atoms with Crippen molar-refractivity contribution in [3.05, 3.63) is 29.3 Å². The van der Waals surface area contributed by atoms with Gasteiger partial charge in [0.05, 0.1) is 0 Å². The van der Waals surface area contributed by atoms with E-state index in [1.165, 1.54) is 4.90 Å². The third kappa shape index (κ3) is 10.3. The fraction of sp³-hybridized carbons (Fsp3) is 0.690. The van der Waals surface area contributed by atoms with Gasteiger partial charge in [0.15, 0.2) is 0 Å². The van der Waals surface area contributed by atoms with E-state index >= 15 is 0 Å². The number of benzene rings is 1. The predicted molar refractivity (Wildman–Crippen MR) is 147 cm³/mol. The van der Waals surface area contributed by atoms with Crippen molar-refractivity contribution in [3.63, 3.8) is 0 Å². The molecule has 0 aliphatic carbocycles. The van der Waals surface area contributed by atoms with Crippen LogP contribution in [-0.2, 0) is 14.3 Å². The first kappa shape index (κ1) is 32.3. The van der Waals surface area contributed by atoms with Crippen LogP contribution < -0.4 is 10.6 Å². The number of carbonyl (C=O) groups excluding carboxylic acids is 3. The molecule has 1 rings (SSSR count). The number of aromatic hydroxyl groups is 1. The van der Waals surface area contributed by atoms with Crippen LogP contribution in [-0.4, -0.2) is 52.1 Å². The van der Waals surface area contributed by atoms with E-state index in [0.717, 1.165) is 19.3 Å². The number of nitrogens with one attached hydrogen (secondary N) is 2. The molecule has 37 heavy (non-hydrogen) atoms. The van der Waals surface area contributed by atoms with Gasteiger partial charge in [-0.05, 0) is 59.4 Å². The Morgan fingerprint density at radius 2 is 1.68 bits per heavy atom. The smallest absolute Gasteiger partial charge is 0.408 e. The van der Waals surface area contributed by atoms with Crippen LogP contribution in [0.15, 0.2) is 18.2 Å². The van der Waals surface area contributed by atoms with Crippen LogP contribution in [0.25, 0.3) is 0 Å². The molecule has 3 amide bonds. The Bertz CT molecular complexity index is 894. The average Bonchev–Trinajstić information content (AvgIpc) is 2.79. The van der Waals surface area contributed by atoms with Crippen molar-refractivity contribution in [1.29, 1.82) is 0 Å². The Morgan fingerprint density at radius 1 is 1.03 bits per heavy atom. The molecule has 0 spiro atoms. The second-order valence-electron chi connectivity index (χ2n) is 11.2. The highest BCUT2D eigenvalue weighted by molar-refractivity contribution is 5.92. The summed E-state index contributed by atoms with van der Waals surface area (Å²) in [6, 6.07) is 3.10. The van der Waals surface area contributed by atoms with Gasteiger partial charge in [0.25, 0.3) is 0 Å². The van der Waals surface area contributed by atoms with E-state index < -0.39 is 23.8 Å². The maximum absolute atomic E-state index is 14.2. The predicted octanol–water partition coefficient (Wildman–Crippen LogP) is 5.61. The van der Waals surface area contributed by atoms with Crippen molar-refractivity contribution in [2.75, 3.05) is 6.54 Å². The molecule has 1 aromatic rings. The van der Waals surface area contributed by atoms with E-state index in [9.17, 15) is 19.5 Å². The lowest BCUT2D eigenvalue weighted by Gasteiger charge is -2.36. The number of hydrogen-bond donors (Lipinski definition) is 3. The maximum atomic E-state index is 14.2. The topological polar surface area (TPSA) is 108 Å². The SMILES string of the molecule is CCCCCCN(C(=O)C(NC(=O)OC(C)(C)C)C(C)CC)C(C(=O)NC(C)C)c1cccc(C)c1O. The number of carbonyl (C=O) groups is 3.